The molecule has 0 aliphatic rings. The average molecular weight is 284 g/mol. The summed E-state index contributed by atoms with van der Waals surface area (Å²) in [6.07, 6.45) is 6.08. The number of unbranched alkanes of at least 4 members (excludes halogenated alkanes) is 1. The van der Waals surface area contributed by atoms with Crippen LogP contribution in [0, 0.1) is 5.92 Å². The number of ether oxygens (including phenoxy) is 1. The van der Waals surface area contributed by atoms with Crippen molar-refractivity contribution < 1.29 is 4.74 Å². The summed E-state index contributed by atoms with van der Waals surface area (Å²) in [6.45, 7) is 5.05. The molecule has 3 heteroatoms. The van der Waals surface area contributed by atoms with Gasteiger partial charge in [-0.15, -0.1) is 0 Å². The standard InChI is InChI=1S/C16H26ClNO/c1-3-5-6-13(4-2)11-15(18)12-19-16-9-7-14(17)8-10-16/h7-10,13,15H,3-6,11-12,18H2,1-2H3. The Morgan fingerprint density at radius 1 is 1.21 bits per heavy atom. The second-order valence-corrected chi connectivity index (χ2v) is 5.61. The quantitative estimate of drug-likeness (QED) is 0.716. The highest BCUT2D eigenvalue weighted by Crippen LogP contribution is 2.19. The van der Waals surface area contributed by atoms with Crippen molar-refractivity contribution in [3.63, 3.8) is 0 Å². The van der Waals surface area contributed by atoms with Crippen molar-refractivity contribution >= 4 is 11.6 Å². The zero-order valence-corrected chi connectivity index (χ0v) is 12.8. The molecular weight excluding hydrogens is 258 g/mol. The van der Waals surface area contributed by atoms with Gasteiger partial charge >= 0.3 is 0 Å². The molecule has 0 aliphatic carbocycles. The van der Waals surface area contributed by atoms with Crippen LogP contribution < -0.4 is 10.5 Å². The third-order valence-electron chi connectivity index (χ3n) is 3.46. The number of nitrogens with two attached hydrogens (primary N) is 1. The van der Waals surface area contributed by atoms with Crippen LogP contribution in [0.4, 0.5) is 0 Å². The lowest BCUT2D eigenvalue weighted by Crippen LogP contribution is -2.30. The van der Waals surface area contributed by atoms with Crippen LogP contribution in [0.25, 0.3) is 0 Å². The fraction of sp³-hybridized carbons (Fsp3) is 0.625. The Morgan fingerprint density at radius 3 is 2.47 bits per heavy atom. The van der Waals surface area contributed by atoms with E-state index in [-0.39, 0.29) is 6.04 Å². The van der Waals surface area contributed by atoms with Crippen LogP contribution in [-0.2, 0) is 0 Å². The number of hydrogen-bond donors (Lipinski definition) is 1. The first-order valence-electron chi connectivity index (χ1n) is 7.29. The second-order valence-electron chi connectivity index (χ2n) is 5.18. The molecule has 0 aliphatic heterocycles. The number of rotatable bonds is 9. The Hall–Kier alpha value is -0.730. The van der Waals surface area contributed by atoms with Gasteiger partial charge < -0.3 is 10.5 Å². The molecule has 0 saturated heterocycles. The highest BCUT2D eigenvalue weighted by Gasteiger charge is 2.12. The SMILES string of the molecule is CCCCC(CC)CC(N)COc1ccc(Cl)cc1. The molecule has 0 bridgehead atoms. The van der Waals surface area contributed by atoms with Gasteiger partial charge in [-0.05, 0) is 36.6 Å². The van der Waals surface area contributed by atoms with E-state index in [4.69, 9.17) is 22.1 Å². The van der Waals surface area contributed by atoms with Crippen molar-refractivity contribution in [2.75, 3.05) is 6.61 Å². The Balaban J connectivity index is 2.29. The number of halogens is 1. The highest BCUT2D eigenvalue weighted by atomic mass is 35.5. The number of hydrogen-bond acceptors (Lipinski definition) is 2. The monoisotopic (exact) mass is 283 g/mol. The maximum absolute atomic E-state index is 6.15. The maximum Gasteiger partial charge on any atom is 0.119 e. The van der Waals surface area contributed by atoms with Gasteiger partial charge in [0.1, 0.15) is 12.4 Å². The number of benzene rings is 1. The summed E-state index contributed by atoms with van der Waals surface area (Å²) in [4.78, 5) is 0. The topological polar surface area (TPSA) is 35.2 Å². The van der Waals surface area contributed by atoms with Crippen molar-refractivity contribution in [1.82, 2.24) is 0 Å². The van der Waals surface area contributed by atoms with Crippen molar-refractivity contribution in [1.29, 1.82) is 0 Å². The van der Waals surface area contributed by atoms with Crippen LogP contribution >= 0.6 is 11.6 Å². The van der Waals surface area contributed by atoms with Gasteiger partial charge in [0, 0.05) is 11.1 Å². The van der Waals surface area contributed by atoms with Crippen LogP contribution in [0.3, 0.4) is 0 Å². The average Bonchev–Trinajstić information content (AvgIpc) is 2.42. The van der Waals surface area contributed by atoms with E-state index in [1.54, 1.807) is 0 Å². The van der Waals surface area contributed by atoms with Crippen LogP contribution in [0.2, 0.25) is 5.02 Å². The first-order chi connectivity index (χ1) is 9.15. The minimum absolute atomic E-state index is 0.109. The zero-order chi connectivity index (χ0) is 14.1. The normalized spacial score (nSPS) is 14.1. The van der Waals surface area contributed by atoms with Crippen LogP contribution in [0.5, 0.6) is 5.75 Å². The lowest BCUT2D eigenvalue weighted by Gasteiger charge is -2.20. The Labute approximate surface area is 122 Å². The molecule has 0 fully saturated rings. The molecule has 0 heterocycles. The smallest absolute Gasteiger partial charge is 0.119 e. The van der Waals surface area contributed by atoms with Gasteiger partial charge in [0.2, 0.25) is 0 Å². The summed E-state index contributed by atoms with van der Waals surface area (Å²) in [7, 11) is 0. The lowest BCUT2D eigenvalue weighted by atomic mass is 9.92. The summed E-state index contributed by atoms with van der Waals surface area (Å²) >= 11 is 5.83. The molecule has 1 aromatic carbocycles. The molecule has 0 amide bonds. The first-order valence-corrected chi connectivity index (χ1v) is 7.67. The zero-order valence-electron chi connectivity index (χ0n) is 12.1. The van der Waals surface area contributed by atoms with Crippen LogP contribution in [-0.4, -0.2) is 12.6 Å². The molecule has 1 aromatic rings. The van der Waals surface area contributed by atoms with E-state index in [1.165, 1.54) is 25.7 Å². The third kappa shape index (κ3) is 6.84. The van der Waals surface area contributed by atoms with Crippen molar-refractivity contribution in [3.8, 4) is 5.75 Å². The lowest BCUT2D eigenvalue weighted by molar-refractivity contribution is 0.258. The van der Waals surface area contributed by atoms with Gasteiger partial charge in [-0.3, -0.25) is 0 Å². The summed E-state index contributed by atoms with van der Waals surface area (Å²) in [5.74, 6) is 1.56. The van der Waals surface area contributed by atoms with E-state index < -0.39 is 0 Å². The Bertz CT molecular complexity index is 339. The molecule has 19 heavy (non-hydrogen) atoms. The van der Waals surface area contributed by atoms with Gasteiger partial charge in [0.05, 0.1) is 0 Å². The van der Waals surface area contributed by atoms with Gasteiger partial charge in [0.15, 0.2) is 0 Å². The summed E-state index contributed by atoms with van der Waals surface area (Å²) in [5.41, 5.74) is 6.15. The van der Waals surface area contributed by atoms with E-state index in [0.29, 0.717) is 6.61 Å². The molecule has 0 radical (unpaired) electrons. The largest absolute Gasteiger partial charge is 0.492 e. The highest BCUT2D eigenvalue weighted by molar-refractivity contribution is 6.30. The van der Waals surface area contributed by atoms with Crippen LogP contribution in [0.15, 0.2) is 24.3 Å². The van der Waals surface area contributed by atoms with E-state index in [2.05, 4.69) is 13.8 Å². The molecule has 1 rings (SSSR count). The molecule has 0 saturated carbocycles. The molecule has 108 valence electrons. The third-order valence-corrected chi connectivity index (χ3v) is 3.71. The fourth-order valence-electron chi connectivity index (χ4n) is 2.21. The Kier molecular flexibility index (Phi) is 7.92. The van der Waals surface area contributed by atoms with E-state index >= 15 is 0 Å². The van der Waals surface area contributed by atoms with Gasteiger partial charge in [0.25, 0.3) is 0 Å². The molecule has 2 N–H and O–H groups in total. The van der Waals surface area contributed by atoms with Gasteiger partial charge in [-0.2, -0.15) is 0 Å². The van der Waals surface area contributed by atoms with Crippen molar-refractivity contribution in [2.24, 2.45) is 11.7 Å². The van der Waals surface area contributed by atoms with Crippen LogP contribution in [0.1, 0.15) is 46.0 Å². The molecule has 0 aromatic heterocycles. The fourth-order valence-corrected chi connectivity index (χ4v) is 2.34. The molecular formula is C16H26ClNO. The van der Waals surface area contributed by atoms with Crippen molar-refractivity contribution in [2.45, 2.75) is 52.0 Å². The molecule has 2 atom stereocenters. The van der Waals surface area contributed by atoms with E-state index in [9.17, 15) is 0 Å². The summed E-state index contributed by atoms with van der Waals surface area (Å²) in [5, 5.41) is 0.724. The van der Waals surface area contributed by atoms with E-state index in [1.807, 2.05) is 24.3 Å². The summed E-state index contributed by atoms with van der Waals surface area (Å²) in [6, 6.07) is 7.53. The van der Waals surface area contributed by atoms with E-state index in [0.717, 1.165) is 23.1 Å². The van der Waals surface area contributed by atoms with Crippen molar-refractivity contribution in [3.05, 3.63) is 29.3 Å². The molecule has 2 unspecified atom stereocenters. The first kappa shape index (κ1) is 16.3. The molecule has 0 spiro atoms. The van der Waals surface area contributed by atoms with Gasteiger partial charge in [-0.25, -0.2) is 0 Å². The predicted molar refractivity (Wildman–Crippen MR) is 82.8 cm³/mol. The Morgan fingerprint density at radius 2 is 1.89 bits per heavy atom. The van der Waals surface area contributed by atoms with Gasteiger partial charge in [-0.1, -0.05) is 51.1 Å². The minimum atomic E-state index is 0.109. The summed E-state index contributed by atoms with van der Waals surface area (Å²) < 4.78 is 5.69. The minimum Gasteiger partial charge on any atom is -0.492 e. The maximum atomic E-state index is 6.15. The predicted octanol–water partition coefficient (Wildman–Crippen LogP) is 4.65. The molecule has 2 nitrogen and oxygen atoms in total. The second kappa shape index (κ2) is 9.22.